The van der Waals surface area contributed by atoms with Gasteiger partial charge in [-0.25, -0.2) is 0 Å². The van der Waals surface area contributed by atoms with E-state index in [9.17, 15) is 5.11 Å². The molecule has 0 amide bonds. The molecule has 3 heteroatoms. The Labute approximate surface area is 114 Å². The van der Waals surface area contributed by atoms with Crippen LogP contribution in [0, 0.1) is 5.92 Å². The molecule has 0 radical (unpaired) electrons. The van der Waals surface area contributed by atoms with Gasteiger partial charge >= 0.3 is 0 Å². The molecule has 1 aliphatic carbocycles. The normalized spacial score (nSPS) is 21.1. The number of hydrogen-bond donors (Lipinski definition) is 2. The highest BCUT2D eigenvalue weighted by molar-refractivity contribution is 6.30. The fraction of sp³-hybridized carbons (Fsp3) is 0.600. The molecule has 1 aromatic rings. The van der Waals surface area contributed by atoms with Crippen LogP contribution in [0.3, 0.4) is 0 Å². The lowest BCUT2D eigenvalue weighted by Crippen LogP contribution is -2.51. The van der Waals surface area contributed by atoms with Crippen molar-refractivity contribution >= 4 is 11.6 Å². The Hall–Kier alpha value is -0.570. The summed E-state index contributed by atoms with van der Waals surface area (Å²) in [5.41, 5.74) is 7.82. The van der Waals surface area contributed by atoms with Crippen molar-refractivity contribution in [2.45, 2.75) is 44.1 Å². The van der Waals surface area contributed by atoms with Gasteiger partial charge in [-0.2, -0.15) is 0 Å². The van der Waals surface area contributed by atoms with Gasteiger partial charge < -0.3 is 10.8 Å². The second-order valence-electron chi connectivity index (χ2n) is 5.65. The van der Waals surface area contributed by atoms with Crippen molar-refractivity contribution in [1.82, 2.24) is 0 Å². The average molecular weight is 268 g/mol. The molecule has 2 unspecified atom stereocenters. The van der Waals surface area contributed by atoms with Gasteiger partial charge in [-0.05, 0) is 42.9 Å². The zero-order valence-corrected chi connectivity index (χ0v) is 11.7. The summed E-state index contributed by atoms with van der Waals surface area (Å²) in [5, 5.41) is 9.94. The Morgan fingerprint density at radius 2 is 1.94 bits per heavy atom. The topological polar surface area (TPSA) is 46.2 Å². The summed E-state index contributed by atoms with van der Waals surface area (Å²) < 4.78 is 0. The predicted molar refractivity (Wildman–Crippen MR) is 75.8 cm³/mol. The van der Waals surface area contributed by atoms with Crippen LogP contribution in [0.2, 0.25) is 5.02 Å². The highest BCUT2D eigenvalue weighted by Gasteiger charge is 2.43. The summed E-state index contributed by atoms with van der Waals surface area (Å²) in [6.45, 7) is 2.26. The van der Waals surface area contributed by atoms with E-state index in [0.717, 1.165) is 24.3 Å². The minimum Gasteiger partial charge on any atom is -0.396 e. The van der Waals surface area contributed by atoms with E-state index in [2.05, 4.69) is 12.1 Å². The fourth-order valence-electron chi connectivity index (χ4n) is 2.95. The molecule has 0 aromatic heterocycles. The second-order valence-corrected chi connectivity index (χ2v) is 6.08. The lowest BCUT2D eigenvalue weighted by molar-refractivity contribution is 0.153. The lowest BCUT2D eigenvalue weighted by Gasteiger charge is -2.47. The largest absolute Gasteiger partial charge is 0.396 e. The van der Waals surface area contributed by atoms with Crippen molar-refractivity contribution in [2.75, 3.05) is 6.61 Å². The molecule has 100 valence electrons. The van der Waals surface area contributed by atoms with Crippen LogP contribution in [-0.2, 0) is 5.41 Å². The Kier molecular flexibility index (Phi) is 4.31. The van der Waals surface area contributed by atoms with E-state index in [1.54, 1.807) is 0 Å². The molecular formula is C15H22ClNO. The molecule has 1 fully saturated rings. The van der Waals surface area contributed by atoms with Crippen LogP contribution >= 0.6 is 11.6 Å². The van der Waals surface area contributed by atoms with E-state index < -0.39 is 0 Å². The zero-order chi connectivity index (χ0) is 13.2. The Morgan fingerprint density at radius 3 is 2.39 bits per heavy atom. The van der Waals surface area contributed by atoms with Gasteiger partial charge in [-0.1, -0.05) is 37.1 Å². The number of nitrogens with two attached hydrogens (primary N) is 1. The number of rotatable bonds is 5. The van der Waals surface area contributed by atoms with Crippen LogP contribution in [0.4, 0.5) is 0 Å². The van der Waals surface area contributed by atoms with Crippen molar-refractivity contribution in [3.63, 3.8) is 0 Å². The number of aliphatic hydroxyl groups excluding tert-OH is 1. The van der Waals surface area contributed by atoms with E-state index in [1.165, 1.54) is 12.0 Å². The average Bonchev–Trinajstić information content (AvgIpc) is 2.30. The molecule has 3 N–H and O–H groups in total. The van der Waals surface area contributed by atoms with E-state index in [4.69, 9.17) is 17.3 Å². The van der Waals surface area contributed by atoms with Gasteiger partial charge in [0.25, 0.3) is 0 Å². The van der Waals surface area contributed by atoms with Gasteiger partial charge in [0.15, 0.2) is 0 Å². The first-order valence-corrected chi connectivity index (χ1v) is 7.09. The molecule has 1 aliphatic rings. The van der Waals surface area contributed by atoms with E-state index in [-0.39, 0.29) is 24.0 Å². The monoisotopic (exact) mass is 267 g/mol. The third kappa shape index (κ3) is 2.56. The molecular weight excluding hydrogens is 246 g/mol. The second kappa shape index (κ2) is 5.60. The SMILES string of the molecule is CC(CO)CC(N)C1(c2ccc(Cl)cc2)CCC1. The van der Waals surface area contributed by atoms with Gasteiger partial charge in [0, 0.05) is 23.1 Å². The van der Waals surface area contributed by atoms with Gasteiger partial charge in [0.2, 0.25) is 0 Å². The van der Waals surface area contributed by atoms with Crippen molar-refractivity contribution in [2.24, 2.45) is 11.7 Å². The van der Waals surface area contributed by atoms with E-state index >= 15 is 0 Å². The summed E-state index contributed by atoms with van der Waals surface area (Å²) >= 11 is 5.95. The van der Waals surface area contributed by atoms with Crippen LogP contribution in [0.1, 0.15) is 38.2 Å². The number of hydrogen-bond acceptors (Lipinski definition) is 2. The van der Waals surface area contributed by atoms with E-state index in [0.29, 0.717) is 0 Å². The van der Waals surface area contributed by atoms with Crippen molar-refractivity contribution < 1.29 is 5.11 Å². The molecule has 2 nitrogen and oxygen atoms in total. The molecule has 2 atom stereocenters. The number of aliphatic hydroxyl groups is 1. The standard InChI is InChI=1S/C15H22ClNO/c1-11(10-18)9-14(17)15(7-2-8-15)12-3-5-13(16)6-4-12/h3-6,11,14,18H,2,7-10,17H2,1H3. The number of halogens is 1. The van der Waals surface area contributed by atoms with Gasteiger partial charge in [0.05, 0.1) is 0 Å². The number of benzene rings is 1. The van der Waals surface area contributed by atoms with Gasteiger partial charge in [-0.3, -0.25) is 0 Å². The summed E-state index contributed by atoms with van der Waals surface area (Å²) in [6.07, 6.45) is 4.41. The molecule has 0 bridgehead atoms. The highest BCUT2D eigenvalue weighted by atomic mass is 35.5. The Bertz CT molecular complexity index is 386. The van der Waals surface area contributed by atoms with Crippen LogP contribution in [0.5, 0.6) is 0 Å². The summed E-state index contributed by atoms with van der Waals surface area (Å²) in [7, 11) is 0. The summed E-state index contributed by atoms with van der Waals surface area (Å²) in [5.74, 6) is 0.268. The molecule has 0 saturated heterocycles. The Balaban J connectivity index is 2.17. The molecule has 0 spiro atoms. The molecule has 0 aliphatic heterocycles. The third-order valence-electron chi connectivity index (χ3n) is 4.34. The third-order valence-corrected chi connectivity index (χ3v) is 4.59. The van der Waals surface area contributed by atoms with Crippen LogP contribution < -0.4 is 5.73 Å². The van der Waals surface area contributed by atoms with Gasteiger partial charge in [-0.15, -0.1) is 0 Å². The molecule has 18 heavy (non-hydrogen) atoms. The smallest absolute Gasteiger partial charge is 0.0457 e. The van der Waals surface area contributed by atoms with Gasteiger partial charge in [0.1, 0.15) is 0 Å². The summed E-state index contributed by atoms with van der Waals surface area (Å²) in [4.78, 5) is 0. The lowest BCUT2D eigenvalue weighted by atomic mass is 9.59. The maximum Gasteiger partial charge on any atom is 0.0457 e. The minimum absolute atomic E-state index is 0.105. The zero-order valence-electron chi connectivity index (χ0n) is 10.9. The molecule has 0 heterocycles. The van der Waals surface area contributed by atoms with Crippen molar-refractivity contribution in [3.05, 3.63) is 34.9 Å². The fourth-order valence-corrected chi connectivity index (χ4v) is 3.07. The first kappa shape index (κ1) is 13.9. The first-order valence-electron chi connectivity index (χ1n) is 6.71. The molecule has 2 rings (SSSR count). The van der Waals surface area contributed by atoms with Crippen LogP contribution in [0.15, 0.2) is 24.3 Å². The van der Waals surface area contributed by atoms with Crippen LogP contribution in [-0.4, -0.2) is 17.8 Å². The summed E-state index contributed by atoms with van der Waals surface area (Å²) in [6, 6.07) is 8.21. The molecule has 1 aromatic carbocycles. The van der Waals surface area contributed by atoms with Crippen molar-refractivity contribution in [1.29, 1.82) is 0 Å². The first-order chi connectivity index (χ1) is 8.58. The van der Waals surface area contributed by atoms with Crippen LogP contribution in [0.25, 0.3) is 0 Å². The van der Waals surface area contributed by atoms with Crippen molar-refractivity contribution in [3.8, 4) is 0 Å². The quantitative estimate of drug-likeness (QED) is 0.861. The minimum atomic E-state index is 0.105. The maximum atomic E-state index is 9.17. The Morgan fingerprint density at radius 1 is 1.33 bits per heavy atom. The highest BCUT2D eigenvalue weighted by Crippen LogP contribution is 2.47. The maximum absolute atomic E-state index is 9.17. The van der Waals surface area contributed by atoms with E-state index in [1.807, 2.05) is 19.1 Å². The predicted octanol–water partition coefficient (Wildman–Crippen LogP) is 3.11. The molecule has 1 saturated carbocycles.